The molecular formula is C15H24BrClN2. The van der Waals surface area contributed by atoms with Gasteiger partial charge in [0.05, 0.1) is 0 Å². The maximum Gasteiger partial charge on any atom is 0.0410 e. The van der Waals surface area contributed by atoms with Crippen molar-refractivity contribution in [3.8, 4) is 0 Å². The highest BCUT2D eigenvalue weighted by Gasteiger charge is 2.13. The Labute approximate surface area is 130 Å². The second kappa shape index (κ2) is 8.25. The molecule has 19 heavy (non-hydrogen) atoms. The van der Waals surface area contributed by atoms with Gasteiger partial charge in [-0.25, -0.2) is 0 Å². The number of rotatable bonds is 7. The molecule has 1 aromatic rings. The Kier molecular flexibility index (Phi) is 7.37. The van der Waals surface area contributed by atoms with Crippen molar-refractivity contribution in [3.63, 3.8) is 0 Å². The Morgan fingerprint density at radius 1 is 1.32 bits per heavy atom. The molecule has 0 fully saturated rings. The summed E-state index contributed by atoms with van der Waals surface area (Å²) in [6, 6.07) is 6.47. The quantitative estimate of drug-likeness (QED) is 0.796. The van der Waals surface area contributed by atoms with Crippen LogP contribution >= 0.6 is 27.5 Å². The summed E-state index contributed by atoms with van der Waals surface area (Å²) in [7, 11) is 4.29. The van der Waals surface area contributed by atoms with Crippen molar-refractivity contribution in [2.24, 2.45) is 5.92 Å². The molecule has 0 aliphatic carbocycles. The summed E-state index contributed by atoms with van der Waals surface area (Å²) in [5.74, 6) is 0.715. The van der Waals surface area contributed by atoms with Crippen LogP contribution in [-0.4, -0.2) is 31.6 Å². The van der Waals surface area contributed by atoms with Crippen LogP contribution in [-0.2, 0) is 6.54 Å². The molecule has 1 unspecified atom stereocenters. The van der Waals surface area contributed by atoms with Gasteiger partial charge in [0, 0.05) is 28.6 Å². The van der Waals surface area contributed by atoms with E-state index in [9.17, 15) is 0 Å². The average Bonchev–Trinajstić information content (AvgIpc) is 2.31. The van der Waals surface area contributed by atoms with E-state index in [1.54, 1.807) is 0 Å². The molecule has 0 aromatic heterocycles. The first kappa shape index (κ1) is 17.0. The first-order chi connectivity index (χ1) is 8.90. The third-order valence-corrected chi connectivity index (χ3v) is 4.19. The SMILES string of the molecule is CC(C)CC(CNCc1cc(Cl)ccc1Br)N(C)C. The Morgan fingerprint density at radius 3 is 2.58 bits per heavy atom. The van der Waals surface area contributed by atoms with Crippen LogP contribution in [0.1, 0.15) is 25.8 Å². The van der Waals surface area contributed by atoms with Crippen LogP contribution in [0.25, 0.3) is 0 Å². The van der Waals surface area contributed by atoms with Crippen molar-refractivity contribution in [2.45, 2.75) is 32.9 Å². The van der Waals surface area contributed by atoms with Crippen LogP contribution < -0.4 is 5.32 Å². The summed E-state index contributed by atoms with van der Waals surface area (Å²) < 4.78 is 1.11. The zero-order valence-corrected chi connectivity index (χ0v) is 14.6. The van der Waals surface area contributed by atoms with Crippen molar-refractivity contribution in [3.05, 3.63) is 33.3 Å². The lowest BCUT2D eigenvalue weighted by atomic mass is 10.0. The second-order valence-electron chi connectivity index (χ2n) is 5.61. The fourth-order valence-corrected chi connectivity index (χ4v) is 2.65. The van der Waals surface area contributed by atoms with Gasteiger partial charge in [-0.1, -0.05) is 41.4 Å². The largest absolute Gasteiger partial charge is 0.311 e. The highest BCUT2D eigenvalue weighted by molar-refractivity contribution is 9.10. The number of hydrogen-bond acceptors (Lipinski definition) is 2. The minimum atomic E-state index is 0.568. The topological polar surface area (TPSA) is 15.3 Å². The van der Waals surface area contributed by atoms with Crippen LogP contribution in [0.3, 0.4) is 0 Å². The molecular weight excluding hydrogens is 324 g/mol. The molecule has 1 atom stereocenters. The molecule has 0 saturated heterocycles. The summed E-state index contributed by atoms with van der Waals surface area (Å²) >= 11 is 9.58. The predicted octanol–water partition coefficient (Wildman–Crippen LogP) is 4.17. The summed E-state index contributed by atoms with van der Waals surface area (Å²) in [5, 5.41) is 4.31. The fourth-order valence-electron chi connectivity index (χ4n) is 2.07. The van der Waals surface area contributed by atoms with E-state index in [4.69, 9.17) is 11.6 Å². The fraction of sp³-hybridized carbons (Fsp3) is 0.600. The van der Waals surface area contributed by atoms with Gasteiger partial charge < -0.3 is 10.2 Å². The predicted molar refractivity (Wildman–Crippen MR) is 87.8 cm³/mol. The minimum Gasteiger partial charge on any atom is -0.311 e. The Hall–Kier alpha value is -0.0900. The van der Waals surface area contributed by atoms with Gasteiger partial charge in [-0.15, -0.1) is 0 Å². The highest BCUT2D eigenvalue weighted by Crippen LogP contribution is 2.21. The Balaban J connectivity index is 2.49. The first-order valence-electron chi connectivity index (χ1n) is 6.71. The van der Waals surface area contributed by atoms with Crippen LogP contribution in [0.5, 0.6) is 0 Å². The van der Waals surface area contributed by atoms with Gasteiger partial charge in [0.1, 0.15) is 0 Å². The zero-order valence-electron chi connectivity index (χ0n) is 12.2. The number of nitrogens with zero attached hydrogens (tertiary/aromatic N) is 1. The van der Waals surface area contributed by atoms with E-state index >= 15 is 0 Å². The molecule has 0 aliphatic heterocycles. The number of likely N-dealkylation sites (N-methyl/N-ethyl adjacent to an activating group) is 1. The van der Waals surface area contributed by atoms with Crippen LogP contribution in [0, 0.1) is 5.92 Å². The smallest absolute Gasteiger partial charge is 0.0410 e. The van der Waals surface area contributed by atoms with Gasteiger partial charge in [-0.2, -0.15) is 0 Å². The molecule has 1 rings (SSSR count). The molecule has 0 bridgehead atoms. The Bertz CT molecular complexity index is 394. The standard InChI is InChI=1S/C15H24BrClN2/c1-11(2)7-14(19(3)4)10-18-9-12-8-13(17)5-6-15(12)16/h5-6,8,11,14,18H,7,9-10H2,1-4H3. The van der Waals surface area contributed by atoms with Crippen LogP contribution in [0.15, 0.2) is 22.7 Å². The second-order valence-corrected chi connectivity index (χ2v) is 6.90. The molecule has 0 heterocycles. The van der Waals surface area contributed by atoms with Crippen molar-refractivity contribution >= 4 is 27.5 Å². The van der Waals surface area contributed by atoms with Crippen molar-refractivity contribution in [1.82, 2.24) is 10.2 Å². The van der Waals surface area contributed by atoms with E-state index in [1.165, 1.54) is 12.0 Å². The van der Waals surface area contributed by atoms with Crippen LogP contribution in [0.4, 0.5) is 0 Å². The van der Waals surface area contributed by atoms with Crippen LogP contribution in [0.2, 0.25) is 5.02 Å². The molecule has 0 radical (unpaired) electrons. The number of halogens is 2. The summed E-state index contributed by atoms with van der Waals surface area (Å²) in [6.45, 7) is 6.36. The highest BCUT2D eigenvalue weighted by atomic mass is 79.9. The third-order valence-electron chi connectivity index (χ3n) is 3.18. The van der Waals surface area contributed by atoms with Gasteiger partial charge >= 0.3 is 0 Å². The number of hydrogen-bond donors (Lipinski definition) is 1. The van der Waals surface area contributed by atoms with Gasteiger partial charge in [0.2, 0.25) is 0 Å². The van der Waals surface area contributed by atoms with E-state index in [0.29, 0.717) is 12.0 Å². The van der Waals surface area contributed by atoms with Gasteiger partial charge in [-0.05, 0) is 50.2 Å². The summed E-state index contributed by atoms with van der Waals surface area (Å²) in [4.78, 5) is 2.29. The molecule has 0 aliphatic rings. The molecule has 0 saturated carbocycles. The molecule has 2 nitrogen and oxygen atoms in total. The molecule has 108 valence electrons. The maximum absolute atomic E-state index is 6.02. The average molecular weight is 348 g/mol. The minimum absolute atomic E-state index is 0.568. The van der Waals surface area contributed by atoms with Crippen molar-refractivity contribution in [1.29, 1.82) is 0 Å². The maximum atomic E-state index is 6.02. The molecule has 1 N–H and O–H groups in total. The summed E-state index contributed by atoms with van der Waals surface area (Å²) in [6.07, 6.45) is 1.21. The van der Waals surface area contributed by atoms with E-state index in [0.717, 1.165) is 22.6 Å². The lowest BCUT2D eigenvalue weighted by Gasteiger charge is -2.26. The van der Waals surface area contributed by atoms with Crippen molar-refractivity contribution < 1.29 is 0 Å². The lowest BCUT2D eigenvalue weighted by molar-refractivity contribution is 0.246. The van der Waals surface area contributed by atoms with Crippen molar-refractivity contribution in [2.75, 3.05) is 20.6 Å². The van der Waals surface area contributed by atoms with Gasteiger partial charge in [0.25, 0.3) is 0 Å². The zero-order chi connectivity index (χ0) is 14.4. The van der Waals surface area contributed by atoms with E-state index in [1.807, 2.05) is 18.2 Å². The molecule has 0 amide bonds. The monoisotopic (exact) mass is 346 g/mol. The Morgan fingerprint density at radius 2 is 2.00 bits per heavy atom. The van der Waals surface area contributed by atoms with E-state index in [2.05, 4.69) is 54.1 Å². The van der Waals surface area contributed by atoms with Gasteiger partial charge in [-0.3, -0.25) is 0 Å². The summed E-state index contributed by atoms with van der Waals surface area (Å²) in [5.41, 5.74) is 1.20. The number of nitrogens with one attached hydrogen (secondary N) is 1. The molecule has 0 spiro atoms. The first-order valence-corrected chi connectivity index (χ1v) is 7.88. The lowest BCUT2D eigenvalue weighted by Crippen LogP contribution is -2.38. The van der Waals surface area contributed by atoms with E-state index in [-0.39, 0.29) is 0 Å². The molecule has 1 aromatic carbocycles. The normalized spacial score (nSPS) is 13.3. The molecule has 4 heteroatoms. The van der Waals surface area contributed by atoms with Gasteiger partial charge in [0.15, 0.2) is 0 Å². The number of benzene rings is 1. The third kappa shape index (κ3) is 6.26. The van der Waals surface area contributed by atoms with E-state index < -0.39 is 0 Å².